The molecule has 0 radical (unpaired) electrons. The number of carbonyl (C=O) groups excluding carboxylic acids is 1. The predicted octanol–water partition coefficient (Wildman–Crippen LogP) is 3.54. The maximum Gasteiger partial charge on any atom is 0.278 e. The van der Waals surface area contributed by atoms with E-state index in [0.29, 0.717) is 35.1 Å². The van der Waals surface area contributed by atoms with E-state index in [1.165, 1.54) is 0 Å². The molecule has 4 heterocycles. The van der Waals surface area contributed by atoms with Crippen LogP contribution in [-0.2, 0) is 17.0 Å². The number of aryl methyl sites for hydroxylation is 1. The van der Waals surface area contributed by atoms with Crippen molar-refractivity contribution >= 4 is 5.91 Å². The van der Waals surface area contributed by atoms with Crippen LogP contribution in [0.5, 0.6) is 0 Å². The molecule has 9 nitrogen and oxygen atoms in total. The molecule has 4 aromatic rings. The van der Waals surface area contributed by atoms with E-state index in [9.17, 15) is 9.18 Å². The Morgan fingerprint density at radius 1 is 1.05 bits per heavy atom. The van der Waals surface area contributed by atoms with Crippen LogP contribution in [0.15, 0.2) is 59.1 Å². The first kappa shape index (κ1) is 24.4. The molecule has 2 aliphatic heterocycles. The Balaban J connectivity index is 1.16. The highest BCUT2D eigenvalue weighted by atomic mass is 19.1. The lowest BCUT2D eigenvalue weighted by atomic mass is 9.93. The molecule has 2 aromatic carbocycles. The number of alkyl halides is 1. The number of amides is 1. The van der Waals surface area contributed by atoms with Gasteiger partial charge < -0.3 is 19.1 Å². The molecule has 38 heavy (non-hydrogen) atoms. The summed E-state index contributed by atoms with van der Waals surface area (Å²) in [6.07, 6.45) is 0. The maximum atomic E-state index is 14.5. The summed E-state index contributed by atoms with van der Waals surface area (Å²) in [4.78, 5) is 21.7. The number of halogens is 1. The van der Waals surface area contributed by atoms with Crippen LogP contribution in [0.2, 0.25) is 0 Å². The fourth-order valence-corrected chi connectivity index (χ4v) is 4.75. The SMILES string of the molecule is Cc1cc(-c2nc(-c3ccc(C4(F)COC4)cc3)no2)nn1Cc1cccc(C(=O)N2CCN(C)CC2)c1. The van der Waals surface area contributed by atoms with Crippen molar-refractivity contribution in [1.29, 1.82) is 0 Å². The number of benzene rings is 2. The van der Waals surface area contributed by atoms with Gasteiger partial charge in [0.25, 0.3) is 11.8 Å². The fraction of sp³-hybridized carbons (Fsp3) is 0.357. The second kappa shape index (κ2) is 9.77. The Labute approximate surface area is 219 Å². The summed E-state index contributed by atoms with van der Waals surface area (Å²) < 4.78 is 26.9. The predicted molar refractivity (Wildman–Crippen MR) is 138 cm³/mol. The molecule has 10 heteroatoms. The third-order valence-corrected chi connectivity index (χ3v) is 7.25. The molecule has 2 saturated heterocycles. The second-order valence-corrected chi connectivity index (χ2v) is 10.1. The topological polar surface area (TPSA) is 89.5 Å². The van der Waals surface area contributed by atoms with Crippen molar-refractivity contribution in [1.82, 2.24) is 29.7 Å². The summed E-state index contributed by atoms with van der Waals surface area (Å²) in [6.45, 7) is 5.88. The van der Waals surface area contributed by atoms with Crippen LogP contribution in [0.4, 0.5) is 4.39 Å². The van der Waals surface area contributed by atoms with Gasteiger partial charge >= 0.3 is 0 Å². The number of hydrogen-bond donors (Lipinski definition) is 0. The van der Waals surface area contributed by atoms with Crippen LogP contribution in [0.25, 0.3) is 23.0 Å². The molecular formula is C28H29FN6O3. The van der Waals surface area contributed by atoms with Gasteiger partial charge in [-0.15, -0.1) is 0 Å². The minimum atomic E-state index is -1.41. The molecule has 196 valence electrons. The van der Waals surface area contributed by atoms with Crippen molar-refractivity contribution in [2.75, 3.05) is 46.4 Å². The average Bonchev–Trinajstić information content (AvgIpc) is 3.55. The molecule has 0 saturated carbocycles. The van der Waals surface area contributed by atoms with Gasteiger partial charge in [0.1, 0.15) is 0 Å². The van der Waals surface area contributed by atoms with Crippen LogP contribution in [0, 0.1) is 6.92 Å². The average molecular weight is 517 g/mol. The number of carbonyl (C=O) groups is 1. The zero-order valence-corrected chi connectivity index (χ0v) is 21.4. The van der Waals surface area contributed by atoms with E-state index in [-0.39, 0.29) is 19.1 Å². The summed E-state index contributed by atoms with van der Waals surface area (Å²) in [5.41, 5.74) is 3.06. The number of aromatic nitrogens is 4. The molecule has 1 amide bonds. The molecule has 0 spiro atoms. The van der Waals surface area contributed by atoms with E-state index in [1.807, 2.05) is 46.8 Å². The van der Waals surface area contributed by atoms with Crippen molar-refractivity contribution < 1.29 is 18.4 Å². The van der Waals surface area contributed by atoms with Gasteiger partial charge in [-0.3, -0.25) is 9.48 Å². The van der Waals surface area contributed by atoms with Crippen molar-refractivity contribution in [3.63, 3.8) is 0 Å². The molecule has 0 atom stereocenters. The smallest absolute Gasteiger partial charge is 0.278 e. The van der Waals surface area contributed by atoms with Crippen LogP contribution in [0.3, 0.4) is 0 Å². The lowest BCUT2D eigenvalue weighted by molar-refractivity contribution is -0.135. The largest absolute Gasteiger partial charge is 0.374 e. The zero-order chi connectivity index (χ0) is 26.3. The third kappa shape index (κ3) is 4.72. The fourth-order valence-electron chi connectivity index (χ4n) is 4.75. The van der Waals surface area contributed by atoms with Gasteiger partial charge in [-0.25, -0.2) is 4.39 Å². The lowest BCUT2D eigenvalue weighted by Crippen LogP contribution is -2.47. The summed E-state index contributed by atoms with van der Waals surface area (Å²) in [5.74, 6) is 0.776. The molecule has 0 N–H and O–H groups in total. The number of nitrogens with zero attached hydrogens (tertiary/aromatic N) is 6. The minimum absolute atomic E-state index is 0.0620. The molecule has 2 aliphatic rings. The highest BCUT2D eigenvalue weighted by Crippen LogP contribution is 2.34. The van der Waals surface area contributed by atoms with Gasteiger partial charge in [-0.1, -0.05) is 41.6 Å². The lowest BCUT2D eigenvalue weighted by Gasteiger charge is -2.34. The molecule has 0 bridgehead atoms. The highest BCUT2D eigenvalue weighted by molar-refractivity contribution is 5.94. The van der Waals surface area contributed by atoms with Crippen molar-refractivity contribution in [2.24, 2.45) is 0 Å². The van der Waals surface area contributed by atoms with Crippen molar-refractivity contribution in [3.8, 4) is 23.0 Å². The molecule has 0 unspecified atom stereocenters. The number of hydrogen-bond acceptors (Lipinski definition) is 7. The van der Waals surface area contributed by atoms with Gasteiger partial charge in [0.05, 0.1) is 19.8 Å². The quantitative estimate of drug-likeness (QED) is 0.387. The third-order valence-electron chi connectivity index (χ3n) is 7.25. The summed E-state index contributed by atoms with van der Waals surface area (Å²) in [6, 6.07) is 16.6. The monoisotopic (exact) mass is 516 g/mol. The van der Waals surface area contributed by atoms with E-state index in [4.69, 9.17) is 9.26 Å². The van der Waals surface area contributed by atoms with E-state index < -0.39 is 5.67 Å². The zero-order valence-electron chi connectivity index (χ0n) is 21.4. The van der Waals surface area contributed by atoms with Crippen molar-refractivity contribution in [2.45, 2.75) is 19.1 Å². The van der Waals surface area contributed by atoms with Gasteiger partial charge in [0.15, 0.2) is 11.4 Å². The standard InChI is InChI=1S/C28H29FN6O3/c1-19-14-24(26-30-25(32-38-26)21-6-8-23(9-7-21)28(29)17-37-18-28)31-35(19)16-20-4-3-5-22(15-20)27(36)34-12-10-33(2)11-13-34/h3-9,14-15H,10-13,16-18H2,1-2H3. The van der Waals surface area contributed by atoms with E-state index in [1.54, 1.807) is 24.3 Å². The Kier molecular flexibility index (Phi) is 6.29. The Bertz CT molecular complexity index is 1450. The van der Waals surface area contributed by atoms with E-state index in [2.05, 4.69) is 27.2 Å². The number of piperazine rings is 1. The molecule has 0 aliphatic carbocycles. The molecule has 2 aromatic heterocycles. The Morgan fingerprint density at radius 3 is 2.53 bits per heavy atom. The highest BCUT2D eigenvalue weighted by Gasteiger charge is 2.40. The molecule has 6 rings (SSSR count). The summed E-state index contributed by atoms with van der Waals surface area (Å²) >= 11 is 0. The summed E-state index contributed by atoms with van der Waals surface area (Å²) in [7, 11) is 2.07. The number of likely N-dealkylation sites (N-methyl/N-ethyl adjacent to an activating group) is 1. The maximum absolute atomic E-state index is 14.5. The van der Waals surface area contributed by atoms with Gasteiger partial charge in [-0.05, 0) is 43.3 Å². The Hall–Kier alpha value is -3.89. The van der Waals surface area contributed by atoms with Gasteiger partial charge in [-0.2, -0.15) is 10.1 Å². The first-order valence-electron chi connectivity index (χ1n) is 12.7. The first-order chi connectivity index (χ1) is 18.4. The minimum Gasteiger partial charge on any atom is -0.374 e. The van der Waals surface area contributed by atoms with Gasteiger partial charge in [0.2, 0.25) is 5.82 Å². The summed E-state index contributed by atoms with van der Waals surface area (Å²) in [5, 5.41) is 8.77. The van der Waals surface area contributed by atoms with Crippen LogP contribution in [-0.4, -0.2) is 82.1 Å². The van der Waals surface area contributed by atoms with Crippen molar-refractivity contribution in [3.05, 3.63) is 77.0 Å². The van der Waals surface area contributed by atoms with Crippen LogP contribution in [0.1, 0.15) is 27.2 Å². The number of ether oxygens (including phenoxy) is 1. The second-order valence-electron chi connectivity index (χ2n) is 10.1. The van der Waals surface area contributed by atoms with E-state index in [0.717, 1.165) is 43.0 Å². The molecular weight excluding hydrogens is 487 g/mol. The van der Waals surface area contributed by atoms with Crippen LogP contribution < -0.4 is 0 Å². The number of rotatable bonds is 6. The molecule has 2 fully saturated rings. The normalized spacial score (nSPS) is 17.4. The Morgan fingerprint density at radius 2 is 1.82 bits per heavy atom. The van der Waals surface area contributed by atoms with Crippen LogP contribution >= 0.6 is 0 Å². The van der Waals surface area contributed by atoms with Gasteiger partial charge in [0, 0.05) is 43.0 Å². The first-order valence-corrected chi connectivity index (χ1v) is 12.7. The van der Waals surface area contributed by atoms with E-state index >= 15 is 0 Å².